The van der Waals surface area contributed by atoms with E-state index in [0.717, 1.165) is 60.8 Å². The number of unbranched alkanes of at least 4 members (excludes halogenated alkanes) is 27. The van der Waals surface area contributed by atoms with E-state index in [0.29, 0.717) is 71.0 Å². The number of ether oxygens (including phenoxy) is 4. The Bertz CT molecular complexity index is 2310. The van der Waals surface area contributed by atoms with Gasteiger partial charge >= 0.3 is 5.97 Å². The molecule has 0 atom stereocenters. The smallest absolute Gasteiger partial charge is 0.343 e. The van der Waals surface area contributed by atoms with Gasteiger partial charge in [0, 0.05) is 22.6 Å². The molecule has 0 heterocycles. The van der Waals surface area contributed by atoms with Crippen molar-refractivity contribution < 1.29 is 28.5 Å². The van der Waals surface area contributed by atoms with Crippen molar-refractivity contribution in [2.45, 2.75) is 213 Å². The zero-order valence-electron chi connectivity index (χ0n) is 47.8. The van der Waals surface area contributed by atoms with E-state index in [9.17, 15) is 9.59 Å². The van der Waals surface area contributed by atoms with Crippen LogP contribution in [0.4, 0.5) is 17.1 Å². The van der Waals surface area contributed by atoms with Gasteiger partial charge in [0.15, 0.2) is 11.5 Å². The Hall–Kier alpha value is -5.96. The average molecular weight is 1050 g/mol. The third-order valence-corrected chi connectivity index (χ3v) is 14.5. The zero-order chi connectivity index (χ0) is 54.6. The maximum Gasteiger partial charge on any atom is 0.343 e. The molecule has 0 saturated heterocycles. The first-order valence-corrected chi connectivity index (χ1v) is 30.3. The van der Waals surface area contributed by atoms with Crippen LogP contribution in [0.1, 0.15) is 234 Å². The first-order chi connectivity index (χ1) is 37.8. The molecular weight excluding hydrogens is 955 g/mol. The van der Waals surface area contributed by atoms with Gasteiger partial charge in [-0.15, -0.1) is 0 Å². The molecule has 9 nitrogen and oxygen atoms in total. The van der Waals surface area contributed by atoms with Crippen LogP contribution in [0.25, 0.3) is 22.3 Å². The molecule has 0 aliphatic heterocycles. The van der Waals surface area contributed by atoms with Crippen LogP contribution < -0.4 is 35.7 Å². The molecule has 1 amide bonds. The average Bonchev–Trinajstić information content (AvgIpc) is 3.44. The summed E-state index contributed by atoms with van der Waals surface area (Å²) in [6.45, 7) is 8.37. The fourth-order valence-electron chi connectivity index (χ4n) is 9.86. The molecule has 9 heteroatoms. The minimum atomic E-state index is -0.539. The first-order valence-electron chi connectivity index (χ1n) is 30.3. The lowest BCUT2D eigenvalue weighted by atomic mass is 9.95. The number of anilines is 3. The van der Waals surface area contributed by atoms with Crippen molar-refractivity contribution in [3.05, 3.63) is 114 Å². The second-order valence-corrected chi connectivity index (χ2v) is 21.3. The number of carbonyl (C=O) groups excluding carboxylic acids is 2. The van der Waals surface area contributed by atoms with Gasteiger partial charge in [0.05, 0.1) is 25.4 Å². The molecule has 0 unspecified atom stereocenters. The number of nitrogen functional groups attached to an aromatic ring is 2. The summed E-state index contributed by atoms with van der Waals surface area (Å²) in [6.07, 6.45) is 37.1. The quantitative estimate of drug-likeness (QED) is 0.0152. The van der Waals surface area contributed by atoms with Gasteiger partial charge in [-0.25, -0.2) is 4.79 Å². The Balaban J connectivity index is 1.28. The predicted octanol–water partition coefficient (Wildman–Crippen LogP) is 19.6. The SMILES string of the molecule is CCCCCCCCCCCCOc1cc(C(=O)Oc2ccc(NC(=O)c3cc(-c4cccc(N)c4)cc(-c4cccc(N)c4)c3)cc2)cc(OCCCCCCCCCCCC)c1OCCCCCCCCCCCC. The van der Waals surface area contributed by atoms with Crippen LogP contribution >= 0.6 is 0 Å². The highest BCUT2D eigenvalue weighted by molar-refractivity contribution is 6.06. The summed E-state index contributed by atoms with van der Waals surface area (Å²) in [7, 11) is 0. The highest BCUT2D eigenvalue weighted by Gasteiger charge is 2.21. The van der Waals surface area contributed by atoms with E-state index in [2.05, 4.69) is 26.1 Å². The van der Waals surface area contributed by atoms with Crippen molar-refractivity contribution >= 4 is 28.9 Å². The third-order valence-electron chi connectivity index (χ3n) is 14.5. The summed E-state index contributed by atoms with van der Waals surface area (Å²) in [4.78, 5) is 28.1. The maximum absolute atomic E-state index is 14.1. The number of hydrogen-bond acceptors (Lipinski definition) is 8. The molecule has 0 fully saturated rings. The molecular formula is C68H97N3O6. The minimum Gasteiger partial charge on any atom is -0.490 e. The van der Waals surface area contributed by atoms with Gasteiger partial charge in [0.2, 0.25) is 5.75 Å². The molecule has 0 saturated carbocycles. The normalized spacial score (nSPS) is 11.2. The first kappa shape index (κ1) is 61.9. The number of hydrogen-bond donors (Lipinski definition) is 3. The van der Waals surface area contributed by atoms with Crippen LogP contribution in [0.15, 0.2) is 103 Å². The standard InChI is InChI=1S/C68H97N3O6/c1-4-7-10-13-16-19-22-25-28-31-44-74-64-52-59(53-65(75-45-32-29-26-23-20-17-14-11-8-5-2)66(64)76-46-33-30-27-24-21-18-15-12-9-6-3)68(73)77-63-42-40-62(41-43-63)71-67(72)58-48-56(54-36-34-38-60(69)50-54)47-57(49-58)55-37-35-39-61(70)51-55/h34-43,47-53H,4-33,44-46,69-70H2,1-3H3,(H,71,72). The lowest BCUT2D eigenvalue weighted by Gasteiger charge is -2.19. The maximum atomic E-state index is 14.1. The second kappa shape index (κ2) is 37.8. The van der Waals surface area contributed by atoms with Gasteiger partial charge in [0.1, 0.15) is 5.75 Å². The Kier molecular flexibility index (Phi) is 30.3. The fraction of sp³-hybridized carbons (Fsp3) is 0.529. The Morgan fingerprint density at radius 2 is 0.766 bits per heavy atom. The topological polar surface area (TPSA) is 135 Å². The van der Waals surface area contributed by atoms with E-state index in [1.165, 1.54) is 154 Å². The second-order valence-electron chi connectivity index (χ2n) is 21.3. The fourth-order valence-corrected chi connectivity index (χ4v) is 9.86. The molecule has 0 radical (unpaired) electrons. The monoisotopic (exact) mass is 1050 g/mol. The number of nitrogens with one attached hydrogen (secondary N) is 1. The van der Waals surface area contributed by atoms with Crippen LogP contribution in [0.2, 0.25) is 0 Å². The van der Waals surface area contributed by atoms with E-state index in [4.69, 9.17) is 30.4 Å². The van der Waals surface area contributed by atoms with E-state index in [1.54, 1.807) is 36.4 Å². The van der Waals surface area contributed by atoms with Gasteiger partial charge in [-0.3, -0.25) is 4.79 Å². The third kappa shape index (κ3) is 24.5. The van der Waals surface area contributed by atoms with Crippen molar-refractivity contribution in [2.75, 3.05) is 36.6 Å². The van der Waals surface area contributed by atoms with Crippen LogP contribution in [0.5, 0.6) is 23.0 Å². The zero-order valence-corrected chi connectivity index (χ0v) is 47.8. The van der Waals surface area contributed by atoms with E-state index >= 15 is 0 Å². The summed E-state index contributed by atoms with van der Waals surface area (Å²) >= 11 is 0. The predicted molar refractivity (Wildman–Crippen MR) is 324 cm³/mol. The van der Waals surface area contributed by atoms with Crippen molar-refractivity contribution in [1.82, 2.24) is 0 Å². The van der Waals surface area contributed by atoms with E-state index in [-0.39, 0.29) is 5.91 Å². The molecule has 420 valence electrons. The molecule has 77 heavy (non-hydrogen) atoms. The molecule has 5 rings (SSSR count). The molecule has 5 aromatic carbocycles. The molecule has 0 aliphatic rings. The van der Waals surface area contributed by atoms with Crippen molar-refractivity contribution in [1.29, 1.82) is 0 Å². The minimum absolute atomic E-state index is 0.295. The number of amides is 1. The van der Waals surface area contributed by atoms with Crippen molar-refractivity contribution in [3.63, 3.8) is 0 Å². The molecule has 0 spiro atoms. The number of nitrogens with two attached hydrogens (primary N) is 2. The number of carbonyl (C=O) groups is 2. The molecule has 0 aromatic heterocycles. The highest BCUT2D eigenvalue weighted by Crippen LogP contribution is 2.40. The summed E-state index contributed by atoms with van der Waals surface area (Å²) in [5, 5.41) is 3.03. The lowest BCUT2D eigenvalue weighted by Crippen LogP contribution is -2.13. The van der Waals surface area contributed by atoms with Crippen LogP contribution in [-0.4, -0.2) is 31.7 Å². The molecule has 5 N–H and O–H groups in total. The van der Waals surface area contributed by atoms with Gasteiger partial charge in [-0.1, -0.05) is 218 Å². The van der Waals surface area contributed by atoms with Gasteiger partial charge in [-0.2, -0.15) is 0 Å². The molecule has 0 bridgehead atoms. The van der Waals surface area contributed by atoms with Crippen LogP contribution in [0.3, 0.4) is 0 Å². The summed E-state index contributed by atoms with van der Waals surface area (Å²) in [6, 6.07) is 31.3. The Morgan fingerprint density at radius 1 is 0.390 bits per heavy atom. The summed E-state index contributed by atoms with van der Waals surface area (Å²) in [5.74, 6) is 1.09. The van der Waals surface area contributed by atoms with E-state index in [1.807, 2.05) is 66.7 Å². The summed E-state index contributed by atoms with van der Waals surface area (Å²) < 4.78 is 25.7. The lowest BCUT2D eigenvalue weighted by molar-refractivity contribution is 0.0733. The molecule has 0 aliphatic carbocycles. The highest BCUT2D eigenvalue weighted by atomic mass is 16.5. The van der Waals surface area contributed by atoms with Crippen molar-refractivity contribution in [2.24, 2.45) is 0 Å². The van der Waals surface area contributed by atoms with E-state index < -0.39 is 5.97 Å². The number of esters is 1. The van der Waals surface area contributed by atoms with Crippen LogP contribution in [-0.2, 0) is 0 Å². The van der Waals surface area contributed by atoms with Gasteiger partial charge in [-0.05, 0) is 120 Å². The van der Waals surface area contributed by atoms with Gasteiger partial charge in [0.25, 0.3) is 5.91 Å². The Labute approximate surface area is 465 Å². The largest absolute Gasteiger partial charge is 0.490 e. The molecule has 5 aromatic rings. The number of rotatable bonds is 42. The number of benzene rings is 5. The van der Waals surface area contributed by atoms with Crippen molar-refractivity contribution in [3.8, 4) is 45.3 Å². The van der Waals surface area contributed by atoms with Gasteiger partial charge < -0.3 is 35.7 Å². The van der Waals surface area contributed by atoms with Crippen LogP contribution in [0, 0.1) is 0 Å². The summed E-state index contributed by atoms with van der Waals surface area (Å²) in [5.41, 5.74) is 18.4. The Morgan fingerprint density at radius 3 is 1.16 bits per heavy atom.